The second kappa shape index (κ2) is 31.4. The third-order valence-corrected chi connectivity index (χ3v) is 8.70. The third kappa shape index (κ3) is 31.3. The zero-order chi connectivity index (χ0) is 30.3. The summed E-state index contributed by atoms with van der Waals surface area (Å²) < 4.78 is 28.1. The minimum Gasteiger partial charge on any atom is -0.374 e. The molecule has 1 amide bonds. The Labute approximate surface area is 261 Å². The summed E-state index contributed by atoms with van der Waals surface area (Å²) in [5, 5.41) is 3.36. The van der Waals surface area contributed by atoms with Gasteiger partial charge in [-0.3, -0.25) is 13.8 Å². The van der Waals surface area contributed by atoms with Gasteiger partial charge in [0, 0.05) is 24.9 Å². The van der Waals surface area contributed by atoms with Crippen LogP contribution in [0.5, 0.6) is 0 Å². The number of nitrogens with one attached hydrogen (secondary N) is 1. The monoisotopic (exact) mass is 669 g/mol. The zero-order valence-electron chi connectivity index (χ0n) is 26.7. The normalized spacial score (nSPS) is 13.8. The standard InChI is InChI=1S/C32H65BrNO6P/c1-3-5-7-9-11-13-14-15-16-18-20-22-24-27-38-31(30-40-41(36,37)39-28-26-33)29-34-32(35)25-23-21-19-17-12-10-8-6-4-2/h31H,3-30H2,1-2H3,(H,34,35)(H,36,37). The number of rotatable bonds is 33. The van der Waals surface area contributed by atoms with Crippen LogP contribution in [0.15, 0.2) is 0 Å². The fraction of sp³-hybridized carbons (Fsp3) is 0.969. The maximum atomic E-state index is 12.4. The number of amides is 1. The Hall–Kier alpha value is 0.0200. The predicted octanol–water partition coefficient (Wildman–Crippen LogP) is 10.0. The quantitative estimate of drug-likeness (QED) is 0.0410. The highest BCUT2D eigenvalue weighted by Gasteiger charge is 2.23. The number of hydrogen-bond acceptors (Lipinski definition) is 5. The van der Waals surface area contributed by atoms with Gasteiger partial charge >= 0.3 is 7.82 Å². The van der Waals surface area contributed by atoms with Crippen molar-refractivity contribution in [3.05, 3.63) is 0 Å². The summed E-state index contributed by atoms with van der Waals surface area (Å²) in [5.74, 6) is -0.00905. The maximum Gasteiger partial charge on any atom is 0.472 e. The first-order valence-corrected chi connectivity index (χ1v) is 19.6. The smallest absolute Gasteiger partial charge is 0.374 e. The number of phosphoric acid groups is 1. The molecule has 0 aliphatic carbocycles. The molecule has 0 aliphatic rings. The van der Waals surface area contributed by atoms with Crippen LogP contribution in [0.25, 0.3) is 0 Å². The van der Waals surface area contributed by atoms with E-state index >= 15 is 0 Å². The van der Waals surface area contributed by atoms with Crippen LogP contribution in [0.2, 0.25) is 0 Å². The van der Waals surface area contributed by atoms with Gasteiger partial charge in [-0.15, -0.1) is 0 Å². The number of ether oxygens (including phenoxy) is 1. The highest BCUT2D eigenvalue weighted by molar-refractivity contribution is 9.09. The minimum absolute atomic E-state index is 0.00905. The van der Waals surface area contributed by atoms with Gasteiger partial charge in [-0.25, -0.2) is 4.57 Å². The summed E-state index contributed by atoms with van der Waals surface area (Å²) in [5.41, 5.74) is 0. The van der Waals surface area contributed by atoms with Gasteiger partial charge in [0.25, 0.3) is 0 Å². The molecule has 2 atom stereocenters. The largest absolute Gasteiger partial charge is 0.472 e. The number of hydrogen-bond donors (Lipinski definition) is 2. The number of halogens is 1. The van der Waals surface area contributed by atoms with Crippen molar-refractivity contribution in [1.82, 2.24) is 5.32 Å². The van der Waals surface area contributed by atoms with E-state index in [2.05, 4.69) is 35.1 Å². The Morgan fingerprint density at radius 1 is 0.683 bits per heavy atom. The van der Waals surface area contributed by atoms with Crippen LogP contribution in [-0.4, -0.2) is 48.6 Å². The van der Waals surface area contributed by atoms with Gasteiger partial charge in [-0.05, 0) is 12.8 Å². The highest BCUT2D eigenvalue weighted by Crippen LogP contribution is 2.43. The van der Waals surface area contributed by atoms with Crippen molar-refractivity contribution in [3.8, 4) is 0 Å². The van der Waals surface area contributed by atoms with E-state index in [9.17, 15) is 14.3 Å². The molecule has 0 aromatic carbocycles. The molecule has 0 saturated carbocycles. The van der Waals surface area contributed by atoms with Gasteiger partial charge in [-0.2, -0.15) is 0 Å². The van der Waals surface area contributed by atoms with Gasteiger partial charge in [0.05, 0.1) is 19.3 Å². The molecule has 0 aliphatic heterocycles. The maximum absolute atomic E-state index is 12.4. The van der Waals surface area contributed by atoms with Crippen LogP contribution in [-0.2, 0) is 23.1 Å². The Morgan fingerprint density at radius 2 is 1.12 bits per heavy atom. The van der Waals surface area contributed by atoms with E-state index in [0.717, 1.165) is 25.7 Å². The van der Waals surface area contributed by atoms with Crippen molar-refractivity contribution in [3.63, 3.8) is 0 Å². The summed E-state index contributed by atoms with van der Waals surface area (Å²) >= 11 is 3.17. The van der Waals surface area contributed by atoms with Crippen molar-refractivity contribution in [2.24, 2.45) is 0 Å². The molecule has 0 spiro atoms. The topological polar surface area (TPSA) is 94.1 Å². The third-order valence-electron chi connectivity index (χ3n) is 7.39. The molecule has 7 nitrogen and oxygen atoms in total. The minimum atomic E-state index is -4.14. The first-order chi connectivity index (χ1) is 19.9. The molecule has 0 bridgehead atoms. The van der Waals surface area contributed by atoms with Gasteiger partial charge in [0.2, 0.25) is 5.91 Å². The molecule has 9 heteroatoms. The van der Waals surface area contributed by atoms with Crippen molar-refractivity contribution in [1.29, 1.82) is 0 Å². The summed E-state index contributed by atoms with van der Waals surface area (Å²) in [7, 11) is -4.14. The first kappa shape index (κ1) is 41.0. The van der Waals surface area contributed by atoms with Crippen LogP contribution >= 0.6 is 23.8 Å². The lowest BCUT2D eigenvalue weighted by atomic mass is 10.0. The molecule has 0 fully saturated rings. The molecule has 0 aromatic rings. The second-order valence-corrected chi connectivity index (χ2v) is 13.7. The van der Waals surface area contributed by atoms with E-state index in [1.807, 2.05) is 0 Å². The van der Waals surface area contributed by atoms with Crippen LogP contribution in [0.1, 0.15) is 162 Å². The average molecular weight is 671 g/mol. The Morgan fingerprint density at radius 3 is 1.59 bits per heavy atom. The van der Waals surface area contributed by atoms with Crippen LogP contribution in [0, 0.1) is 0 Å². The first-order valence-electron chi connectivity index (χ1n) is 17.0. The number of carbonyl (C=O) groups is 1. The average Bonchev–Trinajstić information content (AvgIpc) is 2.96. The Bertz CT molecular complexity index is 613. The van der Waals surface area contributed by atoms with E-state index in [1.54, 1.807) is 0 Å². The van der Waals surface area contributed by atoms with Crippen molar-refractivity contribution >= 4 is 29.7 Å². The molecule has 41 heavy (non-hydrogen) atoms. The second-order valence-electron chi connectivity index (χ2n) is 11.4. The molecule has 0 heterocycles. The number of carbonyl (C=O) groups excluding carboxylic acids is 1. The van der Waals surface area contributed by atoms with E-state index < -0.39 is 13.9 Å². The molecule has 0 rings (SSSR count). The summed E-state index contributed by atoms with van der Waals surface area (Å²) in [6.45, 7) is 5.27. The number of phosphoric ester groups is 1. The molecular formula is C32H65BrNO6P. The van der Waals surface area contributed by atoms with E-state index in [0.29, 0.717) is 18.4 Å². The summed E-state index contributed by atoms with van der Waals surface area (Å²) in [6, 6.07) is 0. The van der Waals surface area contributed by atoms with Crippen LogP contribution in [0.3, 0.4) is 0 Å². The molecule has 0 saturated heterocycles. The molecule has 2 unspecified atom stereocenters. The lowest BCUT2D eigenvalue weighted by Gasteiger charge is -2.20. The molecule has 0 aromatic heterocycles. The van der Waals surface area contributed by atoms with E-state index in [1.165, 1.54) is 116 Å². The van der Waals surface area contributed by atoms with Gasteiger partial charge < -0.3 is 14.9 Å². The lowest BCUT2D eigenvalue weighted by Crippen LogP contribution is -2.36. The van der Waals surface area contributed by atoms with Crippen molar-refractivity contribution in [2.75, 3.05) is 31.7 Å². The lowest BCUT2D eigenvalue weighted by molar-refractivity contribution is -0.122. The van der Waals surface area contributed by atoms with Gasteiger partial charge in [-0.1, -0.05) is 158 Å². The van der Waals surface area contributed by atoms with E-state index in [-0.39, 0.29) is 25.7 Å². The van der Waals surface area contributed by atoms with Crippen LogP contribution in [0.4, 0.5) is 0 Å². The predicted molar refractivity (Wildman–Crippen MR) is 176 cm³/mol. The molecule has 0 radical (unpaired) electrons. The Balaban J connectivity index is 4.10. The molecule has 246 valence electrons. The van der Waals surface area contributed by atoms with Crippen molar-refractivity contribution in [2.45, 2.75) is 168 Å². The van der Waals surface area contributed by atoms with Gasteiger partial charge in [0.15, 0.2) is 0 Å². The fourth-order valence-electron chi connectivity index (χ4n) is 4.81. The highest BCUT2D eigenvalue weighted by atomic mass is 79.9. The number of alkyl halides is 1. The zero-order valence-corrected chi connectivity index (χ0v) is 29.2. The number of unbranched alkanes of at least 4 members (excludes halogenated alkanes) is 20. The summed E-state index contributed by atoms with van der Waals surface area (Å²) in [6.07, 6.45) is 27.6. The van der Waals surface area contributed by atoms with Crippen molar-refractivity contribution < 1.29 is 28.0 Å². The summed E-state index contributed by atoms with van der Waals surface area (Å²) in [4.78, 5) is 22.2. The van der Waals surface area contributed by atoms with E-state index in [4.69, 9.17) is 13.8 Å². The molecule has 2 N–H and O–H groups in total. The molecular weight excluding hydrogens is 605 g/mol. The van der Waals surface area contributed by atoms with Crippen LogP contribution < -0.4 is 5.32 Å². The SMILES string of the molecule is CCCCCCCCCCCCCCCOC(CNC(=O)CCCCCCCCCCC)COP(=O)(O)OCCBr. The van der Waals surface area contributed by atoms with Gasteiger partial charge in [0.1, 0.15) is 0 Å². The fourth-order valence-corrected chi connectivity index (χ4v) is 5.98. The Kier molecular flexibility index (Phi) is 31.5.